The van der Waals surface area contributed by atoms with E-state index in [-0.39, 0.29) is 52.6 Å². The van der Waals surface area contributed by atoms with Gasteiger partial charge in [0.2, 0.25) is 10.0 Å². The number of benzene rings is 4. The predicted molar refractivity (Wildman–Crippen MR) is 200 cm³/mol. The van der Waals surface area contributed by atoms with Crippen molar-refractivity contribution in [2.75, 3.05) is 30.8 Å². The Morgan fingerprint density at radius 2 is 1.52 bits per heavy atom. The van der Waals surface area contributed by atoms with E-state index in [1.807, 2.05) is 67.6 Å². The number of hydrogen-bond acceptors (Lipinski definition) is 6. The Bertz CT molecular complexity index is 1870. The summed E-state index contributed by atoms with van der Waals surface area (Å²) in [6.45, 7) is 5.31. The summed E-state index contributed by atoms with van der Waals surface area (Å²) in [5, 5.41) is 11.8. The van der Waals surface area contributed by atoms with Gasteiger partial charge in [0.15, 0.2) is 11.6 Å². The summed E-state index contributed by atoms with van der Waals surface area (Å²) in [6, 6.07) is 32.7. The smallest absolute Gasteiger partial charge is 0.231 e. The Hall–Kier alpha value is -4.11. The van der Waals surface area contributed by atoms with Crippen molar-refractivity contribution in [1.29, 1.82) is 0 Å². The summed E-state index contributed by atoms with van der Waals surface area (Å²) in [5.74, 6) is -0.912. The quantitative estimate of drug-likeness (QED) is 0.121. The van der Waals surface area contributed by atoms with E-state index >= 15 is 0 Å². The molecule has 1 heterocycles. The highest BCUT2D eigenvalue weighted by Gasteiger charge is 2.38. The molecular formula is C42H49NO6S. The number of Topliss-reactive ketones (excluding diaryl/α,β-unsaturated/α-hetero) is 2. The van der Waals surface area contributed by atoms with E-state index < -0.39 is 22.0 Å². The van der Waals surface area contributed by atoms with Crippen molar-refractivity contribution in [2.45, 2.75) is 69.8 Å². The van der Waals surface area contributed by atoms with E-state index in [1.165, 1.54) is 24.2 Å². The van der Waals surface area contributed by atoms with Crippen LogP contribution in [0.3, 0.4) is 0 Å². The van der Waals surface area contributed by atoms with E-state index in [1.54, 1.807) is 12.1 Å². The first-order valence-electron chi connectivity index (χ1n) is 17.4. The third-order valence-electron chi connectivity index (χ3n) is 10.3. The number of hydrogen-bond donors (Lipinski definition) is 1. The first-order chi connectivity index (χ1) is 23.8. The molecule has 0 spiro atoms. The molecule has 0 bridgehead atoms. The standard InChI is InChI=1S/C42H49NO6S/c1-30-12-11-17-37(22-30)42(20-21-49-29-42)19-18-39(44)34(24-32-13-7-5-8-14-32)28-41(46)36-25-35(26-38(27-36)43(3)50(4,47)48)40(45)23-31(2)33-15-9-6-10-16-33/h5-17,22,25-27,31,34,39,44H,18-21,23-24,28-29H2,1-4H3/t31-,34+,39+,42?/m0/s1. The van der Waals surface area contributed by atoms with E-state index in [0.717, 1.165) is 28.1 Å². The summed E-state index contributed by atoms with van der Waals surface area (Å²) in [7, 11) is -2.26. The number of sulfonamides is 1. The maximum atomic E-state index is 14.2. The van der Waals surface area contributed by atoms with Crippen molar-refractivity contribution >= 4 is 27.3 Å². The van der Waals surface area contributed by atoms with Crippen molar-refractivity contribution in [3.05, 3.63) is 137 Å². The predicted octanol–water partition coefficient (Wildman–Crippen LogP) is 7.70. The molecule has 1 fully saturated rings. The van der Waals surface area contributed by atoms with Crippen LogP contribution in [0.15, 0.2) is 103 Å². The molecule has 0 saturated carbocycles. The molecule has 1 saturated heterocycles. The second-order valence-electron chi connectivity index (χ2n) is 14.1. The molecule has 0 radical (unpaired) electrons. The molecule has 1 aliphatic rings. The summed E-state index contributed by atoms with van der Waals surface area (Å²) in [5.41, 5.74) is 5.00. The molecule has 4 aromatic rings. The number of carbonyl (C=O) groups excluding carboxylic acids is 2. The summed E-state index contributed by atoms with van der Waals surface area (Å²) in [4.78, 5) is 27.8. The van der Waals surface area contributed by atoms with Crippen LogP contribution in [0.2, 0.25) is 0 Å². The topological polar surface area (TPSA) is 101 Å². The number of nitrogens with zero attached hydrogens (tertiary/aromatic N) is 1. The zero-order chi connectivity index (χ0) is 35.9. The molecule has 7 nitrogen and oxygen atoms in total. The minimum atomic E-state index is -3.67. The number of anilines is 1. The molecule has 50 heavy (non-hydrogen) atoms. The van der Waals surface area contributed by atoms with Gasteiger partial charge in [0.05, 0.1) is 24.7 Å². The van der Waals surface area contributed by atoms with Crippen molar-refractivity contribution in [3.8, 4) is 0 Å². The number of aryl methyl sites for hydroxylation is 1. The third-order valence-corrected chi connectivity index (χ3v) is 11.5. The van der Waals surface area contributed by atoms with Crippen molar-refractivity contribution in [3.63, 3.8) is 0 Å². The third kappa shape index (κ3) is 9.36. The number of carbonyl (C=O) groups is 2. The van der Waals surface area contributed by atoms with Crippen LogP contribution < -0.4 is 4.31 Å². The number of aliphatic hydroxyl groups excluding tert-OH is 1. The van der Waals surface area contributed by atoms with Crippen LogP contribution in [0.1, 0.15) is 87.9 Å². The maximum absolute atomic E-state index is 14.2. The normalized spacial score (nSPS) is 17.9. The zero-order valence-electron chi connectivity index (χ0n) is 29.5. The Morgan fingerprint density at radius 3 is 2.12 bits per heavy atom. The fraction of sp³-hybridized carbons (Fsp3) is 0.381. The molecule has 8 heteroatoms. The van der Waals surface area contributed by atoms with Crippen LogP contribution in [0.4, 0.5) is 5.69 Å². The van der Waals surface area contributed by atoms with Gasteiger partial charge in [-0.25, -0.2) is 8.42 Å². The minimum Gasteiger partial charge on any atom is -0.393 e. The van der Waals surface area contributed by atoms with Crippen molar-refractivity contribution < 1.29 is 27.9 Å². The van der Waals surface area contributed by atoms with E-state index in [4.69, 9.17) is 4.74 Å². The lowest BCUT2D eigenvalue weighted by Gasteiger charge is -2.31. The Balaban J connectivity index is 1.42. The molecule has 0 aliphatic carbocycles. The van der Waals surface area contributed by atoms with Gasteiger partial charge in [-0.15, -0.1) is 0 Å². The second kappa shape index (κ2) is 16.3. The Labute approximate surface area is 297 Å². The van der Waals surface area contributed by atoms with Crippen LogP contribution in [-0.4, -0.2) is 57.7 Å². The average molecular weight is 696 g/mol. The fourth-order valence-electron chi connectivity index (χ4n) is 7.03. The summed E-state index contributed by atoms with van der Waals surface area (Å²) < 4.78 is 32.1. The monoisotopic (exact) mass is 695 g/mol. The maximum Gasteiger partial charge on any atom is 0.231 e. The molecule has 1 unspecified atom stereocenters. The number of rotatable bonds is 16. The van der Waals surface area contributed by atoms with Gasteiger partial charge in [-0.1, -0.05) is 97.4 Å². The number of ketones is 2. The van der Waals surface area contributed by atoms with E-state index in [2.05, 4.69) is 31.2 Å². The summed E-state index contributed by atoms with van der Waals surface area (Å²) >= 11 is 0. The molecular weight excluding hydrogens is 647 g/mol. The molecule has 264 valence electrons. The van der Waals surface area contributed by atoms with Gasteiger partial charge in [0, 0.05) is 43.0 Å². The molecule has 4 atom stereocenters. The largest absolute Gasteiger partial charge is 0.393 e. The van der Waals surface area contributed by atoms with Crippen LogP contribution in [0, 0.1) is 12.8 Å². The van der Waals surface area contributed by atoms with Gasteiger partial charge in [0.25, 0.3) is 0 Å². The lowest BCUT2D eigenvalue weighted by atomic mass is 9.74. The SMILES string of the molecule is Cc1cccc(C2(CC[C@@H](O)[C@@H](CC(=O)c3cc(C(=O)C[C@H](C)c4ccccc4)cc(N(C)S(C)(=O)=O)c3)Cc3ccccc3)CCOC2)c1. The van der Waals surface area contributed by atoms with Gasteiger partial charge in [-0.2, -0.15) is 0 Å². The van der Waals surface area contributed by atoms with Crippen LogP contribution in [-0.2, 0) is 26.6 Å². The fourth-order valence-corrected chi connectivity index (χ4v) is 7.52. The first-order valence-corrected chi connectivity index (χ1v) is 19.3. The van der Waals surface area contributed by atoms with Crippen LogP contribution >= 0.6 is 0 Å². The molecule has 4 aromatic carbocycles. The van der Waals surface area contributed by atoms with E-state index in [9.17, 15) is 23.1 Å². The molecule has 0 amide bonds. The first kappa shape index (κ1) is 37.2. The summed E-state index contributed by atoms with van der Waals surface area (Å²) in [6.07, 6.45) is 3.10. The van der Waals surface area contributed by atoms with E-state index in [0.29, 0.717) is 32.5 Å². The minimum absolute atomic E-state index is 0.0318. The number of aliphatic hydroxyl groups is 1. The van der Waals surface area contributed by atoms with Gasteiger partial charge in [-0.05, 0) is 79.3 Å². The Morgan fingerprint density at radius 1 is 0.880 bits per heavy atom. The highest BCUT2D eigenvalue weighted by molar-refractivity contribution is 7.92. The van der Waals surface area contributed by atoms with Gasteiger partial charge >= 0.3 is 0 Å². The van der Waals surface area contributed by atoms with Crippen LogP contribution in [0.5, 0.6) is 0 Å². The lowest BCUT2D eigenvalue weighted by Crippen LogP contribution is -2.32. The van der Waals surface area contributed by atoms with Crippen molar-refractivity contribution in [1.82, 2.24) is 0 Å². The molecule has 1 N–H and O–H groups in total. The molecule has 5 rings (SSSR count). The van der Waals surface area contributed by atoms with Gasteiger partial charge in [0.1, 0.15) is 0 Å². The average Bonchev–Trinajstić information content (AvgIpc) is 3.60. The number of ether oxygens (including phenoxy) is 1. The second-order valence-corrected chi connectivity index (χ2v) is 16.1. The highest BCUT2D eigenvalue weighted by atomic mass is 32.2. The van der Waals surface area contributed by atoms with Crippen molar-refractivity contribution in [2.24, 2.45) is 5.92 Å². The van der Waals surface area contributed by atoms with Gasteiger partial charge in [-0.3, -0.25) is 13.9 Å². The molecule has 1 aliphatic heterocycles. The lowest BCUT2D eigenvalue weighted by molar-refractivity contribution is 0.0698. The highest BCUT2D eigenvalue weighted by Crippen LogP contribution is 2.39. The van der Waals surface area contributed by atoms with Crippen LogP contribution in [0.25, 0.3) is 0 Å². The Kier molecular flexibility index (Phi) is 12.1. The van der Waals surface area contributed by atoms with Gasteiger partial charge < -0.3 is 9.84 Å². The molecule has 0 aromatic heterocycles. The zero-order valence-corrected chi connectivity index (χ0v) is 30.4.